The van der Waals surface area contributed by atoms with Crippen LogP contribution in [0.2, 0.25) is 0 Å². The molecule has 78 valence electrons. The van der Waals surface area contributed by atoms with E-state index < -0.39 is 0 Å². The maximum absolute atomic E-state index is 5.62. The zero-order chi connectivity index (χ0) is 10.8. The molecule has 2 rings (SSSR count). The average Bonchev–Trinajstić information content (AvgIpc) is 2.53. The van der Waals surface area contributed by atoms with E-state index in [9.17, 15) is 0 Å². The quantitative estimate of drug-likeness (QED) is 0.788. The van der Waals surface area contributed by atoms with Crippen molar-refractivity contribution in [2.45, 2.75) is 20.4 Å². The lowest BCUT2D eigenvalue weighted by Gasteiger charge is -2.05. The molecule has 0 spiro atoms. The van der Waals surface area contributed by atoms with Crippen molar-refractivity contribution in [3.8, 4) is 0 Å². The van der Waals surface area contributed by atoms with Crippen molar-refractivity contribution in [1.29, 1.82) is 0 Å². The van der Waals surface area contributed by atoms with Crippen molar-refractivity contribution in [3.63, 3.8) is 0 Å². The third-order valence-corrected chi connectivity index (χ3v) is 2.44. The summed E-state index contributed by atoms with van der Waals surface area (Å²) in [5.41, 5.74) is 8.63. The van der Waals surface area contributed by atoms with Gasteiger partial charge in [-0.15, -0.1) is 5.10 Å². The third-order valence-electron chi connectivity index (χ3n) is 2.44. The molecule has 2 aromatic heterocycles. The molecule has 15 heavy (non-hydrogen) atoms. The maximum atomic E-state index is 5.62. The van der Waals surface area contributed by atoms with E-state index in [0.717, 1.165) is 17.0 Å². The molecule has 0 unspecified atom stereocenters. The fourth-order valence-electron chi connectivity index (χ4n) is 1.35. The lowest BCUT2D eigenvalue weighted by Crippen LogP contribution is -2.07. The average molecular weight is 203 g/mol. The van der Waals surface area contributed by atoms with Gasteiger partial charge in [0.05, 0.1) is 17.9 Å². The second-order valence-corrected chi connectivity index (χ2v) is 3.48. The van der Waals surface area contributed by atoms with Crippen LogP contribution in [0, 0.1) is 13.8 Å². The van der Waals surface area contributed by atoms with Gasteiger partial charge in [0, 0.05) is 6.20 Å². The van der Waals surface area contributed by atoms with Crippen molar-refractivity contribution in [3.05, 3.63) is 35.3 Å². The van der Waals surface area contributed by atoms with E-state index in [1.54, 1.807) is 10.9 Å². The van der Waals surface area contributed by atoms with Gasteiger partial charge in [-0.2, -0.15) is 0 Å². The van der Waals surface area contributed by atoms with Crippen LogP contribution in [0.3, 0.4) is 0 Å². The van der Waals surface area contributed by atoms with Crippen molar-refractivity contribution < 1.29 is 0 Å². The molecule has 0 saturated heterocycles. The van der Waals surface area contributed by atoms with E-state index in [0.29, 0.717) is 12.4 Å². The molecular formula is C10H13N5. The summed E-state index contributed by atoms with van der Waals surface area (Å²) in [6, 6.07) is 3.94. The van der Waals surface area contributed by atoms with Gasteiger partial charge in [-0.3, -0.25) is 4.98 Å². The zero-order valence-electron chi connectivity index (χ0n) is 8.81. The molecule has 2 N–H and O–H groups in total. The first-order valence-electron chi connectivity index (χ1n) is 4.74. The number of rotatable bonds is 2. The van der Waals surface area contributed by atoms with Gasteiger partial charge in [-0.05, 0) is 25.5 Å². The molecule has 0 amide bonds. The summed E-state index contributed by atoms with van der Waals surface area (Å²) in [5, 5.41) is 7.76. The van der Waals surface area contributed by atoms with Crippen LogP contribution in [-0.4, -0.2) is 20.0 Å². The van der Waals surface area contributed by atoms with Gasteiger partial charge in [0.15, 0.2) is 5.82 Å². The van der Waals surface area contributed by atoms with Crippen molar-refractivity contribution in [1.82, 2.24) is 20.0 Å². The fraction of sp³-hybridized carbons (Fsp3) is 0.300. The number of aryl methyl sites for hydroxylation is 1. The number of hydrogen-bond donors (Lipinski definition) is 1. The highest BCUT2D eigenvalue weighted by atomic mass is 15.4. The number of nitrogen functional groups attached to an aromatic ring is 1. The van der Waals surface area contributed by atoms with E-state index in [1.807, 2.05) is 26.0 Å². The van der Waals surface area contributed by atoms with Crippen molar-refractivity contribution in [2.24, 2.45) is 0 Å². The van der Waals surface area contributed by atoms with E-state index in [1.165, 1.54) is 0 Å². The number of pyridine rings is 1. The minimum absolute atomic E-state index is 0.476. The molecule has 0 aliphatic heterocycles. The van der Waals surface area contributed by atoms with Crippen LogP contribution in [0.4, 0.5) is 5.82 Å². The highest BCUT2D eigenvalue weighted by Gasteiger charge is 2.07. The van der Waals surface area contributed by atoms with Crippen LogP contribution in [-0.2, 0) is 6.54 Å². The van der Waals surface area contributed by atoms with Gasteiger partial charge >= 0.3 is 0 Å². The van der Waals surface area contributed by atoms with E-state index >= 15 is 0 Å². The number of hydrogen-bond acceptors (Lipinski definition) is 4. The number of aromatic nitrogens is 4. The van der Waals surface area contributed by atoms with Gasteiger partial charge in [-0.1, -0.05) is 11.3 Å². The summed E-state index contributed by atoms with van der Waals surface area (Å²) in [4.78, 5) is 4.29. The van der Waals surface area contributed by atoms with Crippen LogP contribution >= 0.6 is 0 Å². The molecule has 2 aromatic rings. The SMILES string of the molecule is Cc1cccnc1Cn1nnc(N)c1C. The smallest absolute Gasteiger partial charge is 0.168 e. The van der Waals surface area contributed by atoms with Gasteiger partial charge in [0.1, 0.15) is 0 Å². The van der Waals surface area contributed by atoms with Crippen LogP contribution in [0.15, 0.2) is 18.3 Å². The molecule has 0 fully saturated rings. The Morgan fingerprint density at radius 2 is 2.20 bits per heavy atom. The van der Waals surface area contributed by atoms with Crippen molar-refractivity contribution in [2.75, 3.05) is 5.73 Å². The van der Waals surface area contributed by atoms with Crippen LogP contribution in [0.25, 0.3) is 0 Å². The predicted molar refractivity (Wildman–Crippen MR) is 57.2 cm³/mol. The molecule has 0 atom stereocenters. The van der Waals surface area contributed by atoms with Gasteiger partial charge < -0.3 is 5.73 Å². The van der Waals surface area contributed by atoms with Gasteiger partial charge in [-0.25, -0.2) is 4.68 Å². The van der Waals surface area contributed by atoms with Crippen molar-refractivity contribution >= 4 is 5.82 Å². The normalized spacial score (nSPS) is 10.5. The largest absolute Gasteiger partial charge is 0.381 e. The molecule has 0 aliphatic rings. The molecule has 0 saturated carbocycles. The first kappa shape index (κ1) is 9.64. The first-order valence-corrected chi connectivity index (χ1v) is 4.74. The van der Waals surface area contributed by atoms with E-state index in [4.69, 9.17) is 5.73 Å². The predicted octanol–water partition coefficient (Wildman–Crippen LogP) is 0.920. The molecule has 5 nitrogen and oxygen atoms in total. The summed E-state index contributed by atoms with van der Waals surface area (Å²) in [7, 11) is 0. The molecule has 5 heteroatoms. The monoisotopic (exact) mass is 203 g/mol. The van der Waals surface area contributed by atoms with E-state index in [-0.39, 0.29) is 0 Å². The Hall–Kier alpha value is -1.91. The van der Waals surface area contributed by atoms with E-state index in [2.05, 4.69) is 15.3 Å². The molecule has 0 radical (unpaired) electrons. The summed E-state index contributed by atoms with van der Waals surface area (Å²) < 4.78 is 1.75. The highest BCUT2D eigenvalue weighted by Crippen LogP contribution is 2.09. The Morgan fingerprint density at radius 3 is 2.80 bits per heavy atom. The number of nitrogens with zero attached hydrogens (tertiary/aromatic N) is 4. The van der Waals surface area contributed by atoms with Gasteiger partial charge in [0.25, 0.3) is 0 Å². The summed E-state index contributed by atoms with van der Waals surface area (Å²) in [5.74, 6) is 0.476. The highest BCUT2D eigenvalue weighted by molar-refractivity contribution is 5.31. The standard InChI is InChI=1S/C10H13N5/c1-7-4-3-5-12-9(7)6-15-8(2)10(11)13-14-15/h3-5H,6,11H2,1-2H3. The van der Waals surface area contributed by atoms with Crippen LogP contribution in [0.1, 0.15) is 17.0 Å². The minimum Gasteiger partial charge on any atom is -0.381 e. The Balaban J connectivity index is 2.30. The molecule has 0 aromatic carbocycles. The Bertz CT molecular complexity index is 474. The summed E-state index contributed by atoms with van der Waals surface area (Å²) >= 11 is 0. The lowest BCUT2D eigenvalue weighted by atomic mass is 10.2. The molecule has 0 aliphatic carbocycles. The fourth-order valence-corrected chi connectivity index (χ4v) is 1.35. The second kappa shape index (κ2) is 3.68. The summed E-state index contributed by atoms with van der Waals surface area (Å²) in [6.07, 6.45) is 1.78. The van der Waals surface area contributed by atoms with Gasteiger partial charge in [0.2, 0.25) is 0 Å². The lowest BCUT2D eigenvalue weighted by molar-refractivity contribution is 0.620. The second-order valence-electron chi connectivity index (χ2n) is 3.48. The third kappa shape index (κ3) is 1.81. The molecular weight excluding hydrogens is 190 g/mol. The van der Waals surface area contributed by atoms with Crippen LogP contribution < -0.4 is 5.73 Å². The number of anilines is 1. The Kier molecular flexibility index (Phi) is 2.37. The van der Waals surface area contributed by atoms with Crippen LogP contribution in [0.5, 0.6) is 0 Å². The minimum atomic E-state index is 0.476. The Labute approximate surface area is 87.9 Å². The first-order chi connectivity index (χ1) is 7.18. The maximum Gasteiger partial charge on any atom is 0.168 e. The Morgan fingerprint density at radius 1 is 1.40 bits per heavy atom. The topological polar surface area (TPSA) is 69.6 Å². The molecule has 2 heterocycles. The zero-order valence-corrected chi connectivity index (χ0v) is 8.81. The number of nitrogens with two attached hydrogens (primary N) is 1. The summed E-state index contributed by atoms with van der Waals surface area (Å²) in [6.45, 7) is 4.54. The molecule has 0 bridgehead atoms.